The van der Waals surface area contributed by atoms with E-state index < -0.39 is 0 Å². The summed E-state index contributed by atoms with van der Waals surface area (Å²) < 4.78 is 1.97. The molecule has 122 valence electrons. The molecule has 2 aromatic heterocycles. The van der Waals surface area contributed by atoms with E-state index in [1.165, 1.54) is 24.1 Å². The maximum Gasteiger partial charge on any atom is 0.151 e. The van der Waals surface area contributed by atoms with E-state index in [1.54, 1.807) is 6.33 Å². The van der Waals surface area contributed by atoms with Gasteiger partial charge in [-0.2, -0.15) is 5.10 Å². The number of anilines is 1. The smallest absolute Gasteiger partial charge is 0.151 e. The Morgan fingerprint density at radius 3 is 2.78 bits per heavy atom. The van der Waals surface area contributed by atoms with Crippen molar-refractivity contribution in [3.63, 3.8) is 0 Å². The van der Waals surface area contributed by atoms with E-state index in [-0.39, 0.29) is 0 Å². The van der Waals surface area contributed by atoms with E-state index in [2.05, 4.69) is 43.3 Å². The molecule has 1 aliphatic heterocycles. The summed E-state index contributed by atoms with van der Waals surface area (Å²) in [5, 5.41) is 17.0. The molecule has 2 aromatic rings. The second-order valence-electron chi connectivity index (χ2n) is 6.71. The molecule has 0 aromatic carbocycles. The van der Waals surface area contributed by atoms with Crippen LogP contribution in [0.25, 0.3) is 0 Å². The van der Waals surface area contributed by atoms with Crippen LogP contribution in [0.5, 0.6) is 0 Å². The number of nitrogens with zero attached hydrogens (tertiary/aromatic N) is 7. The van der Waals surface area contributed by atoms with Crippen LogP contribution >= 0.6 is 0 Å². The summed E-state index contributed by atoms with van der Waals surface area (Å²) in [5.41, 5.74) is 2.61. The molecule has 1 fully saturated rings. The second-order valence-corrected chi connectivity index (χ2v) is 6.71. The molecule has 3 heterocycles. The highest BCUT2D eigenvalue weighted by Crippen LogP contribution is 2.26. The lowest BCUT2D eigenvalue weighted by Gasteiger charge is -2.44. The molecule has 0 radical (unpaired) electrons. The molecule has 0 atom stereocenters. The number of hydrogen-bond acceptors (Lipinski definition) is 6. The van der Waals surface area contributed by atoms with Crippen LogP contribution in [0.2, 0.25) is 0 Å². The van der Waals surface area contributed by atoms with E-state index in [1.807, 2.05) is 11.6 Å². The van der Waals surface area contributed by atoms with Crippen LogP contribution in [0.15, 0.2) is 12.4 Å². The van der Waals surface area contributed by atoms with E-state index in [0.29, 0.717) is 6.04 Å². The average Bonchev–Trinajstić information content (AvgIpc) is 2.91. The Hall–Kier alpha value is -2.02. The van der Waals surface area contributed by atoms with Crippen LogP contribution in [0.4, 0.5) is 5.82 Å². The Labute approximate surface area is 136 Å². The van der Waals surface area contributed by atoms with Crippen molar-refractivity contribution >= 4 is 5.82 Å². The average molecular weight is 313 g/mol. The number of rotatable bonds is 4. The maximum absolute atomic E-state index is 4.44. The molecule has 0 unspecified atom stereocenters. The SMILES string of the molecule is CN(Cc1nncn1C)C1CN(c2cc3c(nn2)CCCC3)C1. The van der Waals surface area contributed by atoms with Crippen molar-refractivity contribution < 1.29 is 0 Å². The lowest BCUT2D eigenvalue weighted by molar-refractivity contribution is 0.190. The highest BCUT2D eigenvalue weighted by Gasteiger charge is 2.32. The van der Waals surface area contributed by atoms with E-state index >= 15 is 0 Å². The van der Waals surface area contributed by atoms with Gasteiger partial charge >= 0.3 is 0 Å². The third kappa shape index (κ3) is 2.81. The summed E-state index contributed by atoms with van der Waals surface area (Å²) in [7, 11) is 4.13. The monoisotopic (exact) mass is 313 g/mol. The second kappa shape index (κ2) is 5.88. The number of aromatic nitrogens is 5. The summed E-state index contributed by atoms with van der Waals surface area (Å²) in [6, 6.07) is 2.78. The summed E-state index contributed by atoms with van der Waals surface area (Å²) in [4.78, 5) is 4.66. The molecular formula is C16H23N7. The topological polar surface area (TPSA) is 63.0 Å². The largest absolute Gasteiger partial charge is 0.352 e. The van der Waals surface area contributed by atoms with Crippen molar-refractivity contribution in [1.29, 1.82) is 0 Å². The third-order valence-corrected chi connectivity index (χ3v) is 5.06. The predicted octanol–water partition coefficient (Wildman–Crippen LogP) is 0.804. The Morgan fingerprint density at radius 2 is 2.00 bits per heavy atom. The van der Waals surface area contributed by atoms with Gasteiger partial charge in [-0.15, -0.1) is 15.3 Å². The molecular weight excluding hydrogens is 290 g/mol. The van der Waals surface area contributed by atoms with Crippen molar-refractivity contribution in [2.45, 2.75) is 38.3 Å². The summed E-state index contributed by atoms with van der Waals surface area (Å²) in [5.74, 6) is 2.04. The normalized spacial score (nSPS) is 18.1. The van der Waals surface area contributed by atoms with Gasteiger partial charge in [0, 0.05) is 26.2 Å². The van der Waals surface area contributed by atoms with Gasteiger partial charge in [0.2, 0.25) is 0 Å². The van der Waals surface area contributed by atoms with Gasteiger partial charge in [0.05, 0.1) is 12.2 Å². The molecule has 4 rings (SSSR count). The minimum Gasteiger partial charge on any atom is -0.352 e. The molecule has 0 amide bonds. The highest BCUT2D eigenvalue weighted by atomic mass is 15.4. The van der Waals surface area contributed by atoms with E-state index in [4.69, 9.17) is 0 Å². The Balaban J connectivity index is 1.36. The molecule has 23 heavy (non-hydrogen) atoms. The van der Waals surface area contributed by atoms with Gasteiger partial charge in [-0.1, -0.05) is 0 Å². The molecule has 0 saturated carbocycles. The van der Waals surface area contributed by atoms with Gasteiger partial charge in [-0.05, 0) is 44.4 Å². The van der Waals surface area contributed by atoms with Crippen molar-refractivity contribution in [1.82, 2.24) is 29.9 Å². The van der Waals surface area contributed by atoms with Gasteiger partial charge < -0.3 is 9.47 Å². The first kappa shape index (κ1) is 14.6. The quantitative estimate of drug-likeness (QED) is 0.832. The maximum atomic E-state index is 4.44. The van der Waals surface area contributed by atoms with Crippen LogP contribution in [0.1, 0.15) is 29.9 Å². The van der Waals surface area contributed by atoms with E-state index in [9.17, 15) is 0 Å². The molecule has 7 nitrogen and oxygen atoms in total. The standard InChI is InChI=1S/C16H23N7/c1-21(10-16-19-17-11-22(16)2)13-8-23(9-13)15-7-12-5-3-4-6-14(12)18-20-15/h7,11,13H,3-6,8-10H2,1-2H3. The minimum absolute atomic E-state index is 0.532. The lowest BCUT2D eigenvalue weighted by Crippen LogP contribution is -2.58. The van der Waals surface area contributed by atoms with Crippen LogP contribution in [0.3, 0.4) is 0 Å². The van der Waals surface area contributed by atoms with Crippen molar-refractivity contribution in [3.8, 4) is 0 Å². The first-order chi connectivity index (χ1) is 11.2. The molecule has 1 saturated heterocycles. The van der Waals surface area contributed by atoms with Crippen LogP contribution in [-0.4, -0.2) is 56.0 Å². The molecule has 0 N–H and O–H groups in total. The molecule has 2 aliphatic rings. The van der Waals surface area contributed by atoms with Gasteiger partial charge in [-0.25, -0.2) is 0 Å². The summed E-state index contributed by atoms with van der Waals surface area (Å²) in [6.07, 6.45) is 6.52. The van der Waals surface area contributed by atoms with Crippen LogP contribution < -0.4 is 4.90 Å². The molecule has 7 heteroatoms. The Kier molecular flexibility index (Phi) is 3.72. The fraction of sp³-hybridized carbons (Fsp3) is 0.625. The van der Waals surface area contributed by atoms with Crippen LogP contribution in [-0.2, 0) is 26.4 Å². The number of fused-ring (bicyclic) bond motifs is 1. The van der Waals surface area contributed by atoms with Gasteiger partial charge in [-0.3, -0.25) is 4.90 Å². The predicted molar refractivity (Wildman–Crippen MR) is 87.1 cm³/mol. The number of aryl methyl sites for hydroxylation is 3. The first-order valence-corrected chi connectivity index (χ1v) is 8.34. The van der Waals surface area contributed by atoms with E-state index in [0.717, 1.165) is 44.1 Å². The zero-order chi connectivity index (χ0) is 15.8. The first-order valence-electron chi connectivity index (χ1n) is 8.34. The van der Waals surface area contributed by atoms with Crippen molar-refractivity contribution in [2.75, 3.05) is 25.0 Å². The lowest BCUT2D eigenvalue weighted by atomic mass is 9.96. The molecule has 0 spiro atoms. The Bertz CT molecular complexity index is 689. The molecule has 1 aliphatic carbocycles. The minimum atomic E-state index is 0.532. The summed E-state index contributed by atoms with van der Waals surface area (Å²) in [6.45, 7) is 2.83. The highest BCUT2D eigenvalue weighted by molar-refractivity contribution is 5.45. The molecule has 0 bridgehead atoms. The van der Waals surface area contributed by atoms with Gasteiger partial charge in [0.25, 0.3) is 0 Å². The third-order valence-electron chi connectivity index (χ3n) is 5.06. The fourth-order valence-electron chi connectivity index (χ4n) is 3.36. The van der Waals surface area contributed by atoms with Crippen molar-refractivity contribution in [3.05, 3.63) is 29.5 Å². The van der Waals surface area contributed by atoms with Crippen molar-refractivity contribution in [2.24, 2.45) is 7.05 Å². The summed E-state index contributed by atoms with van der Waals surface area (Å²) >= 11 is 0. The fourth-order valence-corrected chi connectivity index (χ4v) is 3.36. The number of likely N-dealkylation sites (N-methyl/N-ethyl adjacent to an activating group) is 1. The Morgan fingerprint density at radius 1 is 1.17 bits per heavy atom. The zero-order valence-electron chi connectivity index (χ0n) is 13.8. The van der Waals surface area contributed by atoms with Crippen LogP contribution in [0, 0.1) is 0 Å². The zero-order valence-corrected chi connectivity index (χ0v) is 13.8. The van der Waals surface area contributed by atoms with Gasteiger partial charge in [0.1, 0.15) is 12.2 Å². The van der Waals surface area contributed by atoms with Gasteiger partial charge in [0.15, 0.2) is 5.82 Å². The number of hydrogen-bond donors (Lipinski definition) is 0.